The molecule has 1 N–H and O–H groups in total. The van der Waals surface area contributed by atoms with Gasteiger partial charge in [0.1, 0.15) is 6.61 Å². The highest BCUT2D eigenvalue weighted by Crippen LogP contribution is 2.44. The minimum atomic E-state index is -0.417. The van der Waals surface area contributed by atoms with Crippen LogP contribution in [-0.2, 0) is 66.3 Å². The fourth-order valence-corrected chi connectivity index (χ4v) is 6.00. The first kappa shape index (κ1) is 54.5. The molecule has 0 atom stereocenters. The number of nitrogens with one attached hydrogen (secondary N) is 1. The lowest BCUT2D eigenvalue weighted by molar-refractivity contribution is -0.0291. The quantitative estimate of drug-likeness (QED) is 0.0958. The third kappa shape index (κ3) is 28.6. The van der Waals surface area contributed by atoms with Gasteiger partial charge in [-0.1, -0.05) is 48.5 Å². The standard InChI is InChI=1S/C46H76N2O15/c1-48(2)13-15-51-17-19-53-21-23-55-25-27-57-29-31-59-33-35-61-37-39-62-38-36-60-34-32-58-30-28-56-26-24-54-22-20-52-18-16-50-14-7-12-47-46(49)63-40-45-43-10-5-3-8-41(43)42-9-4-6-11-44(42)45/h3-6,8-11,45H,7,12-40H2,1-2H3,(H,47,49). The minimum absolute atomic E-state index is 0.0469. The zero-order valence-corrected chi connectivity index (χ0v) is 38.0. The van der Waals surface area contributed by atoms with E-state index < -0.39 is 6.09 Å². The first-order valence-corrected chi connectivity index (χ1v) is 22.4. The Bertz CT molecular complexity index is 1320. The van der Waals surface area contributed by atoms with Crippen LogP contribution >= 0.6 is 0 Å². The molecule has 17 nitrogen and oxygen atoms in total. The third-order valence-corrected chi connectivity index (χ3v) is 9.23. The van der Waals surface area contributed by atoms with Gasteiger partial charge in [-0.05, 0) is 42.8 Å². The van der Waals surface area contributed by atoms with Crippen LogP contribution in [0.5, 0.6) is 0 Å². The van der Waals surface area contributed by atoms with E-state index >= 15 is 0 Å². The Labute approximate surface area is 375 Å². The van der Waals surface area contributed by atoms with Crippen molar-refractivity contribution in [2.45, 2.75) is 12.3 Å². The van der Waals surface area contributed by atoms with E-state index in [1.165, 1.54) is 22.3 Å². The summed E-state index contributed by atoms with van der Waals surface area (Å²) in [6, 6.07) is 16.6. The van der Waals surface area contributed by atoms with Crippen LogP contribution in [-0.4, -0.2) is 217 Å². The van der Waals surface area contributed by atoms with E-state index in [2.05, 4.69) is 34.5 Å². The molecule has 1 aliphatic carbocycles. The van der Waals surface area contributed by atoms with Crippen molar-refractivity contribution in [1.82, 2.24) is 10.2 Å². The summed E-state index contributed by atoms with van der Waals surface area (Å²) in [6.07, 6.45) is 0.265. The molecular weight excluding hydrogens is 821 g/mol. The van der Waals surface area contributed by atoms with E-state index in [1.807, 2.05) is 38.4 Å². The molecule has 0 aliphatic heterocycles. The van der Waals surface area contributed by atoms with Gasteiger partial charge in [0.2, 0.25) is 0 Å². The molecule has 0 aromatic heterocycles. The molecule has 2 aromatic rings. The van der Waals surface area contributed by atoms with Gasteiger partial charge in [-0.3, -0.25) is 0 Å². The second kappa shape index (κ2) is 39.5. The number of likely N-dealkylation sites (N-methyl/N-ethyl adjacent to an activating group) is 1. The van der Waals surface area contributed by atoms with Crippen molar-refractivity contribution >= 4 is 6.09 Å². The number of benzene rings is 2. The maximum Gasteiger partial charge on any atom is 0.407 e. The zero-order valence-electron chi connectivity index (χ0n) is 38.0. The lowest BCUT2D eigenvalue weighted by Gasteiger charge is -2.14. The number of amides is 1. The topological polar surface area (TPSA) is 162 Å². The molecule has 63 heavy (non-hydrogen) atoms. The summed E-state index contributed by atoms with van der Waals surface area (Å²) in [4.78, 5) is 14.4. The number of hydrogen-bond donors (Lipinski definition) is 1. The highest BCUT2D eigenvalue weighted by molar-refractivity contribution is 5.79. The maximum absolute atomic E-state index is 12.3. The van der Waals surface area contributed by atoms with Crippen LogP contribution in [0.4, 0.5) is 4.79 Å². The molecule has 17 heteroatoms. The van der Waals surface area contributed by atoms with Crippen molar-refractivity contribution in [1.29, 1.82) is 0 Å². The molecule has 0 heterocycles. The van der Waals surface area contributed by atoms with Gasteiger partial charge < -0.3 is 76.5 Å². The molecule has 0 saturated carbocycles. The summed E-state index contributed by atoms with van der Waals surface area (Å²) in [5.74, 6) is 0.0469. The first-order chi connectivity index (χ1) is 31.2. The van der Waals surface area contributed by atoms with Crippen LogP contribution in [0, 0.1) is 0 Å². The lowest BCUT2D eigenvalue weighted by Crippen LogP contribution is -2.27. The number of ether oxygens (including phenoxy) is 14. The smallest absolute Gasteiger partial charge is 0.407 e. The number of nitrogens with zero attached hydrogens (tertiary/aromatic N) is 1. The number of alkyl carbamates (subject to hydrolysis) is 1. The van der Waals surface area contributed by atoms with E-state index in [9.17, 15) is 4.79 Å². The first-order valence-electron chi connectivity index (χ1n) is 22.4. The van der Waals surface area contributed by atoms with Crippen molar-refractivity contribution in [3.8, 4) is 11.1 Å². The molecule has 0 unspecified atom stereocenters. The normalized spacial score (nSPS) is 12.3. The van der Waals surface area contributed by atoms with E-state index in [0.29, 0.717) is 191 Å². The summed E-state index contributed by atoms with van der Waals surface area (Å²) in [6.45, 7) is 15.1. The number of fused-ring (bicyclic) bond motifs is 3. The third-order valence-electron chi connectivity index (χ3n) is 9.23. The van der Waals surface area contributed by atoms with Crippen molar-refractivity contribution in [2.24, 2.45) is 0 Å². The van der Waals surface area contributed by atoms with E-state index in [-0.39, 0.29) is 5.92 Å². The van der Waals surface area contributed by atoms with Gasteiger partial charge in [-0.15, -0.1) is 0 Å². The van der Waals surface area contributed by atoms with Crippen LogP contribution in [0.25, 0.3) is 11.1 Å². The molecule has 3 rings (SSSR count). The van der Waals surface area contributed by atoms with Crippen LogP contribution in [0.1, 0.15) is 23.5 Å². The Hall–Kier alpha value is -2.85. The van der Waals surface area contributed by atoms with Crippen molar-refractivity contribution in [3.05, 3.63) is 59.7 Å². The molecule has 360 valence electrons. The van der Waals surface area contributed by atoms with E-state index in [0.717, 1.165) is 6.54 Å². The maximum atomic E-state index is 12.3. The molecule has 0 bridgehead atoms. The highest BCUT2D eigenvalue weighted by Gasteiger charge is 2.29. The van der Waals surface area contributed by atoms with Crippen LogP contribution < -0.4 is 5.32 Å². The Morgan fingerprint density at radius 3 is 1.03 bits per heavy atom. The van der Waals surface area contributed by atoms with Crippen LogP contribution in [0.2, 0.25) is 0 Å². The Kier molecular flexibility index (Phi) is 34.2. The summed E-state index contributed by atoms with van der Waals surface area (Å²) in [5.41, 5.74) is 4.80. The van der Waals surface area contributed by atoms with E-state index in [1.54, 1.807) is 0 Å². The molecule has 1 amide bonds. The average Bonchev–Trinajstić information content (AvgIpc) is 3.61. The van der Waals surface area contributed by atoms with Gasteiger partial charge in [0.25, 0.3) is 0 Å². The minimum Gasteiger partial charge on any atom is -0.449 e. The summed E-state index contributed by atoms with van der Waals surface area (Å²) in [5, 5.41) is 2.81. The van der Waals surface area contributed by atoms with Gasteiger partial charge in [0.05, 0.1) is 165 Å². The predicted octanol–water partition coefficient (Wildman–Crippen LogP) is 3.69. The van der Waals surface area contributed by atoms with E-state index in [4.69, 9.17) is 66.3 Å². The lowest BCUT2D eigenvalue weighted by atomic mass is 9.98. The Morgan fingerprint density at radius 1 is 0.429 bits per heavy atom. The second-order valence-corrected chi connectivity index (χ2v) is 14.4. The Morgan fingerprint density at radius 2 is 0.714 bits per heavy atom. The highest BCUT2D eigenvalue weighted by atomic mass is 16.6. The van der Waals surface area contributed by atoms with Crippen molar-refractivity contribution < 1.29 is 71.1 Å². The van der Waals surface area contributed by atoms with Crippen molar-refractivity contribution in [3.63, 3.8) is 0 Å². The molecule has 0 radical (unpaired) electrons. The summed E-state index contributed by atoms with van der Waals surface area (Å²) >= 11 is 0. The van der Waals surface area contributed by atoms with Gasteiger partial charge in [0.15, 0.2) is 0 Å². The molecular formula is C46H76N2O15. The Balaban J connectivity index is 0.909. The van der Waals surface area contributed by atoms with Gasteiger partial charge in [-0.2, -0.15) is 0 Å². The van der Waals surface area contributed by atoms with Crippen molar-refractivity contribution in [2.75, 3.05) is 206 Å². The van der Waals surface area contributed by atoms with Crippen LogP contribution in [0.15, 0.2) is 48.5 Å². The number of carbonyl (C=O) groups is 1. The van der Waals surface area contributed by atoms with Gasteiger partial charge in [-0.25, -0.2) is 4.79 Å². The van der Waals surface area contributed by atoms with Gasteiger partial charge in [0, 0.05) is 25.6 Å². The average molecular weight is 897 g/mol. The molecule has 1 aliphatic rings. The fraction of sp³-hybridized carbons (Fsp3) is 0.717. The SMILES string of the molecule is CN(C)CCOCCOCCOCCOCCOCCOCCOCCOCCOCCOCCOCCOCCOCCCNC(=O)OCC1c2ccccc2-c2ccccc21. The molecule has 0 spiro atoms. The predicted molar refractivity (Wildman–Crippen MR) is 237 cm³/mol. The summed E-state index contributed by atoms with van der Waals surface area (Å²) < 4.78 is 77.2. The zero-order chi connectivity index (χ0) is 44.5. The van der Waals surface area contributed by atoms with Crippen LogP contribution in [0.3, 0.4) is 0 Å². The largest absolute Gasteiger partial charge is 0.449 e. The fourth-order valence-electron chi connectivity index (χ4n) is 6.00. The molecule has 0 fully saturated rings. The number of rotatable bonds is 45. The number of carbonyl (C=O) groups excluding carboxylic acids is 1. The second-order valence-electron chi connectivity index (χ2n) is 14.4. The van der Waals surface area contributed by atoms with Gasteiger partial charge >= 0.3 is 6.09 Å². The molecule has 2 aromatic carbocycles. The monoisotopic (exact) mass is 897 g/mol. The summed E-state index contributed by atoms with van der Waals surface area (Å²) in [7, 11) is 4.04. The molecule has 0 saturated heterocycles. The number of hydrogen-bond acceptors (Lipinski definition) is 16.